The second kappa shape index (κ2) is 9.46. The number of amides is 2. The maximum atomic E-state index is 14.5. The van der Waals surface area contributed by atoms with E-state index in [-0.39, 0.29) is 31.0 Å². The lowest BCUT2D eigenvalue weighted by atomic mass is 10.0. The van der Waals surface area contributed by atoms with E-state index in [1.165, 1.54) is 15.6 Å². The Morgan fingerprint density at radius 1 is 1.17 bits per heavy atom. The van der Waals surface area contributed by atoms with Crippen molar-refractivity contribution in [2.75, 3.05) is 11.9 Å². The highest BCUT2D eigenvalue weighted by Gasteiger charge is 2.32. The molecule has 9 nitrogen and oxygen atoms in total. The van der Waals surface area contributed by atoms with E-state index < -0.39 is 17.6 Å². The lowest BCUT2D eigenvalue weighted by Crippen LogP contribution is -2.38. The average molecular weight is 509 g/mol. The highest BCUT2D eigenvalue weighted by molar-refractivity contribution is 6.31. The SMILES string of the molecule is Cn1nccc1NC(=O)CN(Cc1ccccc1F)C(=O)c1nn(C)c2c1COc1ccc(Cl)cc1-2. The van der Waals surface area contributed by atoms with E-state index in [9.17, 15) is 14.0 Å². The summed E-state index contributed by atoms with van der Waals surface area (Å²) in [5, 5.41) is 11.7. The van der Waals surface area contributed by atoms with E-state index in [1.54, 1.807) is 67.4 Å². The lowest BCUT2D eigenvalue weighted by molar-refractivity contribution is -0.117. The molecule has 5 rings (SSSR count). The molecule has 0 radical (unpaired) electrons. The molecule has 2 amide bonds. The molecule has 1 aliphatic heterocycles. The number of halogens is 2. The molecule has 0 aliphatic carbocycles. The molecule has 0 saturated heterocycles. The van der Waals surface area contributed by atoms with Crippen LogP contribution in [0.2, 0.25) is 5.02 Å². The standard InChI is InChI=1S/C25H22ClFN6O3/c1-31-21(9-10-28-31)29-22(34)13-33(12-15-5-3-4-6-19(15)27)25(35)23-18-14-36-20-8-7-16(26)11-17(20)24(18)32(2)30-23/h3-11H,12-14H2,1-2H3,(H,29,34). The molecule has 11 heteroatoms. The van der Waals surface area contributed by atoms with Crippen LogP contribution in [0.1, 0.15) is 21.6 Å². The first-order chi connectivity index (χ1) is 17.3. The molecule has 0 spiro atoms. The highest BCUT2D eigenvalue weighted by Crippen LogP contribution is 2.40. The number of ether oxygens (including phenoxy) is 1. The highest BCUT2D eigenvalue weighted by atomic mass is 35.5. The van der Waals surface area contributed by atoms with Crippen LogP contribution in [0.3, 0.4) is 0 Å². The molecule has 184 valence electrons. The maximum Gasteiger partial charge on any atom is 0.275 e. The Labute approximate surface area is 211 Å². The quantitative estimate of drug-likeness (QED) is 0.427. The smallest absolute Gasteiger partial charge is 0.275 e. The Bertz CT molecular complexity index is 1480. The molecule has 0 bridgehead atoms. The van der Waals surface area contributed by atoms with Crippen molar-refractivity contribution in [2.45, 2.75) is 13.2 Å². The summed E-state index contributed by atoms with van der Waals surface area (Å²) in [4.78, 5) is 27.9. The van der Waals surface area contributed by atoms with Crippen LogP contribution >= 0.6 is 11.6 Å². The fourth-order valence-corrected chi connectivity index (χ4v) is 4.38. The predicted molar refractivity (Wildman–Crippen MR) is 131 cm³/mol. The molecule has 3 heterocycles. The molecule has 0 fully saturated rings. The minimum absolute atomic E-state index is 0.119. The summed E-state index contributed by atoms with van der Waals surface area (Å²) in [6.45, 7) is -0.334. The van der Waals surface area contributed by atoms with Gasteiger partial charge in [-0.3, -0.25) is 19.0 Å². The molecule has 2 aromatic heterocycles. The summed E-state index contributed by atoms with van der Waals surface area (Å²) >= 11 is 6.20. The topological polar surface area (TPSA) is 94.3 Å². The summed E-state index contributed by atoms with van der Waals surface area (Å²) in [5.74, 6) is -0.355. The number of carbonyl (C=O) groups is 2. The molecule has 1 N–H and O–H groups in total. The third kappa shape index (κ3) is 4.42. The van der Waals surface area contributed by atoms with Gasteiger partial charge in [0, 0.05) is 48.4 Å². The fraction of sp³-hybridized carbons (Fsp3) is 0.200. The Kier molecular flexibility index (Phi) is 6.19. The van der Waals surface area contributed by atoms with Crippen LogP contribution in [-0.2, 0) is 32.0 Å². The van der Waals surface area contributed by atoms with Gasteiger partial charge in [-0.05, 0) is 24.3 Å². The van der Waals surface area contributed by atoms with Gasteiger partial charge >= 0.3 is 0 Å². The number of anilines is 1. The summed E-state index contributed by atoms with van der Waals surface area (Å²) in [5.41, 5.74) is 2.39. The molecule has 1 aliphatic rings. The van der Waals surface area contributed by atoms with Gasteiger partial charge in [-0.15, -0.1) is 0 Å². The van der Waals surface area contributed by atoms with Crippen molar-refractivity contribution in [1.29, 1.82) is 0 Å². The van der Waals surface area contributed by atoms with Crippen LogP contribution in [-0.4, -0.2) is 42.8 Å². The normalized spacial score (nSPS) is 11.9. The van der Waals surface area contributed by atoms with Gasteiger partial charge in [0.05, 0.1) is 11.9 Å². The van der Waals surface area contributed by atoms with Gasteiger partial charge in [0.2, 0.25) is 5.91 Å². The molecule has 4 aromatic rings. The Balaban J connectivity index is 1.49. The molecular weight excluding hydrogens is 487 g/mol. The van der Waals surface area contributed by atoms with Crippen molar-refractivity contribution in [3.63, 3.8) is 0 Å². The lowest BCUT2D eigenvalue weighted by Gasteiger charge is -2.23. The average Bonchev–Trinajstić information content (AvgIpc) is 3.41. The van der Waals surface area contributed by atoms with Crippen LogP contribution in [0, 0.1) is 5.82 Å². The van der Waals surface area contributed by atoms with Crippen molar-refractivity contribution < 1.29 is 18.7 Å². The van der Waals surface area contributed by atoms with E-state index in [1.807, 2.05) is 0 Å². The monoisotopic (exact) mass is 508 g/mol. The van der Waals surface area contributed by atoms with Gasteiger partial charge in [-0.25, -0.2) is 4.39 Å². The minimum atomic E-state index is -0.524. The number of benzene rings is 2. The second-order valence-corrected chi connectivity index (χ2v) is 8.81. The predicted octanol–water partition coefficient (Wildman–Crippen LogP) is 3.79. The van der Waals surface area contributed by atoms with Gasteiger partial charge < -0.3 is 15.0 Å². The van der Waals surface area contributed by atoms with Crippen LogP contribution < -0.4 is 10.1 Å². The van der Waals surface area contributed by atoms with Crippen LogP contribution in [0.25, 0.3) is 11.3 Å². The van der Waals surface area contributed by atoms with Crippen molar-refractivity contribution >= 4 is 29.2 Å². The second-order valence-electron chi connectivity index (χ2n) is 8.37. The molecule has 0 atom stereocenters. The van der Waals surface area contributed by atoms with Crippen molar-refractivity contribution in [2.24, 2.45) is 14.1 Å². The van der Waals surface area contributed by atoms with Crippen molar-refractivity contribution in [3.8, 4) is 17.0 Å². The number of rotatable bonds is 6. The summed E-state index contributed by atoms with van der Waals surface area (Å²) < 4.78 is 23.4. The van der Waals surface area contributed by atoms with E-state index in [4.69, 9.17) is 16.3 Å². The number of aryl methyl sites for hydroxylation is 2. The van der Waals surface area contributed by atoms with Crippen molar-refractivity contribution in [1.82, 2.24) is 24.5 Å². The third-order valence-corrected chi connectivity index (χ3v) is 6.18. The van der Waals surface area contributed by atoms with Gasteiger partial charge in [0.25, 0.3) is 5.91 Å². The number of aromatic nitrogens is 4. The van der Waals surface area contributed by atoms with E-state index in [2.05, 4.69) is 15.5 Å². The first-order valence-corrected chi connectivity index (χ1v) is 11.5. The van der Waals surface area contributed by atoms with Gasteiger partial charge in [0.15, 0.2) is 5.69 Å². The first kappa shape index (κ1) is 23.6. The fourth-order valence-electron chi connectivity index (χ4n) is 4.21. The van der Waals surface area contributed by atoms with Gasteiger partial charge in [0.1, 0.15) is 30.5 Å². The summed E-state index contributed by atoms with van der Waals surface area (Å²) in [6.07, 6.45) is 1.54. The Hall–Kier alpha value is -4.18. The molecule has 2 aromatic carbocycles. The van der Waals surface area contributed by atoms with Crippen LogP contribution in [0.15, 0.2) is 54.7 Å². The van der Waals surface area contributed by atoms with Crippen LogP contribution in [0.4, 0.5) is 10.2 Å². The van der Waals surface area contributed by atoms with Gasteiger partial charge in [-0.1, -0.05) is 29.8 Å². The number of nitrogens with one attached hydrogen (secondary N) is 1. The minimum Gasteiger partial charge on any atom is -0.488 e. The summed E-state index contributed by atoms with van der Waals surface area (Å²) in [7, 11) is 3.41. The number of carbonyl (C=O) groups excluding carboxylic acids is 2. The summed E-state index contributed by atoms with van der Waals surface area (Å²) in [6, 6.07) is 13.0. The van der Waals surface area contributed by atoms with Crippen molar-refractivity contribution in [3.05, 3.63) is 82.4 Å². The zero-order valence-electron chi connectivity index (χ0n) is 19.5. The zero-order valence-corrected chi connectivity index (χ0v) is 20.3. The molecule has 0 saturated carbocycles. The number of fused-ring (bicyclic) bond motifs is 3. The number of hydrogen-bond acceptors (Lipinski definition) is 5. The van der Waals surface area contributed by atoms with E-state index >= 15 is 0 Å². The number of nitrogens with zero attached hydrogens (tertiary/aromatic N) is 5. The molecular formula is C25H22ClFN6O3. The maximum absolute atomic E-state index is 14.5. The largest absolute Gasteiger partial charge is 0.488 e. The van der Waals surface area contributed by atoms with E-state index in [0.29, 0.717) is 33.4 Å². The van der Waals surface area contributed by atoms with E-state index in [0.717, 1.165) is 0 Å². The third-order valence-electron chi connectivity index (χ3n) is 5.95. The zero-order chi connectivity index (χ0) is 25.4. The Morgan fingerprint density at radius 2 is 1.97 bits per heavy atom. The number of hydrogen-bond donors (Lipinski definition) is 1. The van der Waals surface area contributed by atoms with Crippen LogP contribution in [0.5, 0.6) is 5.75 Å². The van der Waals surface area contributed by atoms with Gasteiger partial charge in [-0.2, -0.15) is 10.2 Å². The Morgan fingerprint density at radius 3 is 2.72 bits per heavy atom. The molecule has 0 unspecified atom stereocenters. The first-order valence-electron chi connectivity index (χ1n) is 11.1. The molecule has 36 heavy (non-hydrogen) atoms.